The number of halogens is 1. The van der Waals surface area contributed by atoms with Crippen LogP contribution in [0.2, 0.25) is 5.02 Å². The number of hydrogen-bond acceptors (Lipinski definition) is 3. The molecule has 1 aromatic rings. The highest BCUT2D eigenvalue weighted by atomic mass is 35.5. The topological polar surface area (TPSA) is 38.3 Å². The average molecular weight is 256 g/mol. The first kappa shape index (κ1) is 13.8. The van der Waals surface area contributed by atoms with Crippen molar-refractivity contribution in [2.75, 3.05) is 12.4 Å². The normalized spacial score (nSPS) is 13.9. The molecule has 3 nitrogen and oxygen atoms in total. The molecule has 0 aromatic heterocycles. The van der Waals surface area contributed by atoms with Crippen LogP contribution < -0.4 is 5.32 Å². The zero-order chi connectivity index (χ0) is 12.8. The maximum Gasteiger partial charge on any atom is 0.328 e. The summed E-state index contributed by atoms with van der Waals surface area (Å²) in [6.45, 7) is 4.05. The predicted octanol–water partition coefficient (Wildman–Crippen LogP) is 3.34. The molecular formula is C13H18ClNO2. The Morgan fingerprint density at radius 3 is 2.76 bits per heavy atom. The summed E-state index contributed by atoms with van der Waals surface area (Å²) in [4.78, 5) is 11.7. The van der Waals surface area contributed by atoms with Crippen LogP contribution in [-0.4, -0.2) is 19.1 Å². The van der Waals surface area contributed by atoms with Crippen molar-refractivity contribution in [2.45, 2.75) is 26.3 Å². The number of anilines is 1. The van der Waals surface area contributed by atoms with Crippen LogP contribution in [0.4, 0.5) is 5.69 Å². The van der Waals surface area contributed by atoms with Gasteiger partial charge in [0.2, 0.25) is 0 Å². The van der Waals surface area contributed by atoms with Gasteiger partial charge in [0.25, 0.3) is 0 Å². The Labute approximate surface area is 107 Å². The molecule has 94 valence electrons. The third-order valence-corrected chi connectivity index (χ3v) is 3.05. The summed E-state index contributed by atoms with van der Waals surface area (Å²) in [6.07, 6.45) is 0.896. The zero-order valence-electron chi connectivity index (χ0n) is 10.4. The molecule has 0 aliphatic carbocycles. The molecule has 0 saturated carbocycles. The second-order valence-electron chi connectivity index (χ2n) is 4.04. The van der Waals surface area contributed by atoms with Crippen LogP contribution >= 0.6 is 11.6 Å². The minimum Gasteiger partial charge on any atom is -0.467 e. The molecule has 2 atom stereocenters. The smallest absolute Gasteiger partial charge is 0.328 e. The second-order valence-corrected chi connectivity index (χ2v) is 4.48. The summed E-state index contributed by atoms with van der Waals surface area (Å²) in [5, 5.41) is 3.80. The number of hydrogen-bond donors (Lipinski definition) is 1. The van der Waals surface area contributed by atoms with Gasteiger partial charge < -0.3 is 10.1 Å². The van der Waals surface area contributed by atoms with Crippen LogP contribution in [0, 0.1) is 5.92 Å². The quantitative estimate of drug-likeness (QED) is 0.820. The second kappa shape index (κ2) is 6.50. The van der Waals surface area contributed by atoms with Gasteiger partial charge in [0.05, 0.1) is 7.11 Å². The Kier molecular flexibility index (Phi) is 5.29. The maximum absolute atomic E-state index is 11.7. The Balaban J connectivity index is 2.82. The number of esters is 1. The van der Waals surface area contributed by atoms with Gasteiger partial charge in [-0.3, -0.25) is 0 Å². The summed E-state index contributed by atoms with van der Waals surface area (Å²) in [5.74, 6) is -0.0549. The number of ether oxygens (including phenoxy) is 1. The highest BCUT2D eigenvalue weighted by Crippen LogP contribution is 2.19. The lowest BCUT2D eigenvalue weighted by Gasteiger charge is -2.22. The van der Waals surface area contributed by atoms with Crippen LogP contribution in [0.15, 0.2) is 24.3 Å². The Morgan fingerprint density at radius 1 is 1.53 bits per heavy atom. The number of nitrogens with one attached hydrogen (secondary N) is 1. The van der Waals surface area contributed by atoms with Crippen LogP contribution in [-0.2, 0) is 9.53 Å². The molecule has 0 amide bonds. The number of carbonyl (C=O) groups is 1. The van der Waals surface area contributed by atoms with Gasteiger partial charge in [0, 0.05) is 10.7 Å². The average Bonchev–Trinajstić information content (AvgIpc) is 2.34. The van der Waals surface area contributed by atoms with Crippen LogP contribution in [0.25, 0.3) is 0 Å². The fraction of sp³-hybridized carbons (Fsp3) is 0.462. The van der Waals surface area contributed by atoms with E-state index in [1.54, 1.807) is 12.1 Å². The minimum atomic E-state index is -0.344. The fourth-order valence-electron chi connectivity index (χ4n) is 1.55. The van der Waals surface area contributed by atoms with E-state index in [4.69, 9.17) is 16.3 Å². The van der Waals surface area contributed by atoms with Gasteiger partial charge in [0.15, 0.2) is 0 Å². The van der Waals surface area contributed by atoms with Gasteiger partial charge in [-0.15, -0.1) is 0 Å². The van der Waals surface area contributed by atoms with Crippen molar-refractivity contribution in [3.8, 4) is 0 Å². The molecule has 2 unspecified atom stereocenters. The molecule has 0 aliphatic rings. The molecule has 1 rings (SSSR count). The summed E-state index contributed by atoms with van der Waals surface area (Å²) in [6, 6.07) is 6.96. The first-order valence-corrected chi connectivity index (χ1v) is 6.06. The Hall–Kier alpha value is -1.22. The van der Waals surface area contributed by atoms with Gasteiger partial charge >= 0.3 is 5.97 Å². The maximum atomic E-state index is 11.7. The molecule has 0 aliphatic heterocycles. The molecule has 0 spiro atoms. The number of methoxy groups -OCH3 is 1. The van der Waals surface area contributed by atoms with Crippen molar-refractivity contribution in [2.24, 2.45) is 5.92 Å². The van der Waals surface area contributed by atoms with Crippen LogP contribution in [0.1, 0.15) is 20.3 Å². The van der Waals surface area contributed by atoms with Crippen molar-refractivity contribution in [3.05, 3.63) is 29.3 Å². The largest absolute Gasteiger partial charge is 0.467 e. The molecular weight excluding hydrogens is 238 g/mol. The monoisotopic (exact) mass is 255 g/mol. The van der Waals surface area contributed by atoms with Crippen molar-refractivity contribution >= 4 is 23.3 Å². The van der Waals surface area contributed by atoms with Crippen molar-refractivity contribution < 1.29 is 9.53 Å². The van der Waals surface area contributed by atoms with E-state index in [0.717, 1.165) is 12.1 Å². The van der Waals surface area contributed by atoms with E-state index in [1.807, 2.05) is 26.0 Å². The molecule has 0 bridgehead atoms. The molecule has 0 radical (unpaired) electrons. The standard InChI is InChI=1S/C13H18ClNO2/c1-4-9(2)12(13(16)17-3)15-11-7-5-6-10(14)8-11/h5-9,12,15H,4H2,1-3H3. The summed E-state index contributed by atoms with van der Waals surface area (Å²) in [5.41, 5.74) is 0.827. The lowest BCUT2D eigenvalue weighted by Crippen LogP contribution is -2.36. The van der Waals surface area contributed by atoms with Gasteiger partial charge in [0.1, 0.15) is 6.04 Å². The third-order valence-electron chi connectivity index (χ3n) is 2.81. The van der Waals surface area contributed by atoms with Gasteiger partial charge in [-0.25, -0.2) is 4.79 Å². The third kappa shape index (κ3) is 3.93. The summed E-state index contributed by atoms with van der Waals surface area (Å²) < 4.78 is 4.80. The van der Waals surface area contributed by atoms with E-state index in [1.165, 1.54) is 7.11 Å². The number of rotatable bonds is 5. The first-order valence-electron chi connectivity index (χ1n) is 5.68. The first-order chi connectivity index (χ1) is 8.08. The van der Waals surface area contributed by atoms with Gasteiger partial charge in [-0.1, -0.05) is 37.9 Å². The predicted molar refractivity (Wildman–Crippen MR) is 70.3 cm³/mol. The molecule has 0 fully saturated rings. The lowest BCUT2D eigenvalue weighted by molar-refractivity contribution is -0.142. The summed E-state index contributed by atoms with van der Waals surface area (Å²) >= 11 is 5.90. The van der Waals surface area contributed by atoms with Crippen LogP contribution in [0.3, 0.4) is 0 Å². The van der Waals surface area contributed by atoms with Gasteiger partial charge in [-0.05, 0) is 24.1 Å². The van der Waals surface area contributed by atoms with Gasteiger partial charge in [-0.2, -0.15) is 0 Å². The van der Waals surface area contributed by atoms with Crippen molar-refractivity contribution in [1.82, 2.24) is 0 Å². The zero-order valence-corrected chi connectivity index (χ0v) is 11.1. The SMILES string of the molecule is CCC(C)C(Nc1cccc(Cl)c1)C(=O)OC. The van der Waals surface area contributed by atoms with E-state index < -0.39 is 0 Å². The molecule has 1 aromatic carbocycles. The summed E-state index contributed by atoms with van der Waals surface area (Å²) in [7, 11) is 1.40. The Morgan fingerprint density at radius 2 is 2.24 bits per heavy atom. The Bertz CT molecular complexity index is 381. The van der Waals surface area contributed by atoms with Crippen molar-refractivity contribution in [1.29, 1.82) is 0 Å². The van der Waals surface area contributed by atoms with E-state index in [0.29, 0.717) is 5.02 Å². The molecule has 17 heavy (non-hydrogen) atoms. The molecule has 0 heterocycles. The van der Waals surface area contributed by atoms with E-state index in [9.17, 15) is 4.79 Å². The number of benzene rings is 1. The highest BCUT2D eigenvalue weighted by molar-refractivity contribution is 6.30. The highest BCUT2D eigenvalue weighted by Gasteiger charge is 2.24. The van der Waals surface area contributed by atoms with Crippen molar-refractivity contribution in [3.63, 3.8) is 0 Å². The van der Waals surface area contributed by atoms with Crippen LogP contribution in [0.5, 0.6) is 0 Å². The van der Waals surface area contributed by atoms with E-state index in [-0.39, 0.29) is 17.9 Å². The lowest BCUT2D eigenvalue weighted by atomic mass is 9.99. The van der Waals surface area contributed by atoms with E-state index in [2.05, 4.69) is 5.32 Å². The molecule has 1 N–H and O–H groups in total. The minimum absolute atomic E-state index is 0.196. The molecule has 0 saturated heterocycles. The fourth-order valence-corrected chi connectivity index (χ4v) is 1.74. The van der Waals surface area contributed by atoms with E-state index >= 15 is 0 Å². The molecule has 4 heteroatoms. The number of carbonyl (C=O) groups excluding carboxylic acids is 1.